The Morgan fingerprint density at radius 1 is 0.789 bits per heavy atom. The highest BCUT2D eigenvalue weighted by Gasteiger charge is 2.51. The third kappa shape index (κ3) is 12.2. The number of aromatic nitrogens is 2. The van der Waals surface area contributed by atoms with Crippen LogP contribution < -0.4 is 30.3 Å². The summed E-state index contributed by atoms with van der Waals surface area (Å²) in [5.41, 5.74) is 3.66. The molecule has 1 aromatic heterocycles. The maximum atomic E-state index is 11.7. The zero-order chi connectivity index (χ0) is 41.1. The van der Waals surface area contributed by atoms with E-state index in [2.05, 4.69) is 33.0 Å². The highest BCUT2D eigenvalue weighted by molar-refractivity contribution is 6.62. The van der Waals surface area contributed by atoms with Crippen molar-refractivity contribution in [3.05, 3.63) is 66.4 Å². The van der Waals surface area contributed by atoms with Gasteiger partial charge in [0.15, 0.2) is 0 Å². The lowest BCUT2D eigenvalue weighted by Crippen LogP contribution is -2.41. The standard InChI is InChI=1S/C42H57BN4O10/c1-40(2,3)55-39(48)44-16-17-51-18-19-52-20-21-53-22-23-54-37-15-12-31(43-56-41(4,5)42(6,7)57-43)25-34(37)29-11-14-33-35(24-29)47-46-28-36(33)45-27-30-10-13-32(49-8)26-38(30)50-9/h10-15,24-26,28H,16-23,27H2,1-9H3,(H,44,48)(H,45,47). The average molecular weight is 789 g/mol. The van der Waals surface area contributed by atoms with Gasteiger partial charge in [0, 0.05) is 35.7 Å². The zero-order valence-electron chi connectivity index (χ0n) is 34.7. The van der Waals surface area contributed by atoms with Gasteiger partial charge in [-0.1, -0.05) is 18.2 Å². The van der Waals surface area contributed by atoms with Crippen LogP contribution in [0.1, 0.15) is 54.0 Å². The van der Waals surface area contributed by atoms with Gasteiger partial charge in [0.1, 0.15) is 29.5 Å². The van der Waals surface area contributed by atoms with Gasteiger partial charge in [-0.05, 0) is 89.8 Å². The van der Waals surface area contributed by atoms with Gasteiger partial charge in [0.05, 0.1) is 82.5 Å². The SMILES string of the molecule is COc1ccc(CNc2cnnc3cc(-c4cc(B5OC(C)(C)C(C)(C)O5)ccc4OCCOCCOCCOCCNC(=O)OC(C)(C)C)ccc23)c(OC)c1. The normalized spacial score (nSPS) is 14.7. The lowest BCUT2D eigenvalue weighted by atomic mass is 9.77. The molecule has 57 heavy (non-hydrogen) atoms. The molecule has 1 saturated heterocycles. The molecule has 308 valence electrons. The Morgan fingerprint density at radius 3 is 2.14 bits per heavy atom. The molecule has 14 nitrogen and oxygen atoms in total. The van der Waals surface area contributed by atoms with E-state index in [0.29, 0.717) is 65.1 Å². The van der Waals surface area contributed by atoms with Crippen molar-refractivity contribution in [3.63, 3.8) is 0 Å². The molecule has 1 aliphatic rings. The van der Waals surface area contributed by atoms with Crippen molar-refractivity contribution in [1.82, 2.24) is 15.5 Å². The number of fused-ring (bicyclic) bond motifs is 1. The summed E-state index contributed by atoms with van der Waals surface area (Å²) in [5.74, 6) is 2.14. The molecule has 2 heterocycles. The third-order valence-electron chi connectivity index (χ3n) is 9.59. The maximum Gasteiger partial charge on any atom is 0.494 e. The van der Waals surface area contributed by atoms with E-state index in [-0.39, 0.29) is 0 Å². The van der Waals surface area contributed by atoms with E-state index in [4.69, 9.17) is 42.5 Å². The molecule has 15 heteroatoms. The van der Waals surface area contributed by atoms with Crippen molar-refractivity contribution in [3.8, 4) is 28.4 Å². The second-order valence-corrected chi connectivity index (χ2v) is 15.5. The van der Waals surface area contributed by atoms with Crippen LogP contribution >= 0.6 is 0 Å². The van der Waals surface area contributed by atoms with Crippen LogP contribution in [0.15, 0.2) is 60.8 Å². The van der Waals surface area contributed by atoms with Crippen molar-refractivity contribution < 1.29 is 47.3 Å². The summed E-state index contributed by atoms with van der Waals surface area (Å²) in [4.78, 5) is 11.7. The van der Waals surface area contributed by atoms with Crippen LogP contribution in [0.2, 0.25) is 0 Å². The molecular formula is C42H57BN4O10. The number of benzene rings is 3. The van der Waals surface area contributed by atoms with Gasteiger partial charge in [0.25, 0.3) is 0 Å². The first kappa shape index (κ1) is 43.5. The molecule has 1 aliphatic heterocycles. The third-order valence-corrected chi connectivity index (χ3v) is 9.59. The van der Waals surface area contributed by atoms with Crippen molar-refractivity contribution in [2.45, 2.75) is 71.8 Å². The topological polar surface area (TPSA) is 150 Å². The molecule has 0 atom stereocenters. The maximum absolute atomic E-state index is 11.7. The lowest BCUT2D eigenvalue weighted by Gasteiger charge is -2.32. The Labute approximate surface area is 336 Å². The molecule has 0 bridgehead atoms. The Morgan fingerprint density at radius 2 is 1.47 bits per heavy atom. The van der Waals surface area contributed by atoms with Crippen molar-refractivity contribution in [1.29, 1.82) is 0 Å². The smallest absolute Gasteiger partial charge is 0.494 e. The Bertz CT molecular complexity index is 1920. The van der Waals surface area contributed by atoms with Gasteiger partial charge in [-0.2, -0.15) is 10.2 Å². The minimum absolute atomic E-state index is 0.326. The molecule has 3 aromatic carbocycles. The van der Waals surface area contributed by atoms with Crippen LogP contribution in [-0.2, 0) is 34.8 Å². The minimum Gasteiger partial charge on any atom is -0.497 e. The van der Waals surface area contributed by atoms with Gasteiger partial charge in [-0.25, -0.2) is 4.79 Å². The van der Waals surface area contributed by atoms with E-state index < -0.39 is 30.0 Å². The van der Waals surface area contributed by atoms with E-state index in [1.807, 2.05) is 90.9 Å². The number of hydrogen-bond donors (Lipinski definition) is 2. The molecular weight excluding hydrogens is 731 g/mol. The fraction of sp³-hybridized carbons (Fsp3) is 0.500. The van der Waals surface area contributed by atoms with Crippen LogP contribution in [0.5, 0.6) is 17.2 Å². The molecule has 0 spiro atoms. The molecule has 0 aliphatic carbocycles. The van der Waals surface area contributed by atoms with Crippen LogP contribution in [0.4, 0.5) is 10.5 Å². The highest BCUT2D eigenvalue weighted by Crippen LogP contribution is 2.38. The number of hydrogen-bond acceptors (Lipinski definition) is 13. The second-order valence-electron chi connectivity index (χ2n) is 15.5. The number of methoxy groups -OCH3 is 2. The zero-order valence-corrected chi connectivity index (χ0v) is 34.7. The first-order valence-electron chi connectivity index (χ1n) is 19.2. The van der Waals surface area contributed by atoms with Gasteiger partial charge >= 0.3 is 13.2 Å². The Hall–Kier alpha value is -4.67. The quantitative estimate of drug-likeness (QED) is 0.0777. The van der Waals surface area contributed by atoms with Crippen LogP contribution in [0, 0.1) is 0 Å². The van der Waals surface area contributed by atoms with Crippen molar-refractivity contribution in [2.24, 2.45) is 0 Å². The summed E-state index contributed by atoms with van der Waals surface area (Å²) in [6.45, 7) is 17.2. The largest absolute Gasteiger partial charge is 0.497 e. The highest BCUT2D eigenvalue weighted by atomic mass is 16.7. The average Bonchev–Trinajstić information content (AvgIpc) is 3.40. The Kier molecular flexibility index (Phi) is 15.0. The summed E-state index contributed by atoms with van der Waals surface area (Å²) < 4.78 is 52.1. The molecule has 5 rings (SSSR count). The minimum atomic E-state index is -0.545. The van der Waals surface area contributed by atoms with E-state index in [0.717, 1.165) is 50.2 Å². The number of nitrogens with zero attached hydrogens (tertiary/aromatic N) is 2. The molecule has 1 amide bonds. The van der Waals surface area contributed by atoms with Crippen LogP contribution in [0.25, 0.3) is 22.0 Å². The number of carbonyl (C=O) groups excluding carboxylic acids is 1. The summed E-state index contributed by atoms with van der Waals surface area (Å²) >= 11 is 0. The summed E-state index contributed by atoms with van der Waals surface area (Å²) in [6, 6.07) is 17.8. The number of amides is 1. The Balaban J connectivity index is 1.18. The molecule has 4 aromatic rings. The summed E-state index contributed by atoms with van der Waals surface area (Å²) in [7, 11) is 2.73. The van der Waals surface area contributed by atoms with Gasteiger partial charge in [-0.3, -0.25) is 0 Å². The van der Waals surface area contributed by atoms with Crippen LogP contribution in [-0.4, -0.2) is 107 Å². The van der Waals surface area contributed by atoms with Crippen molar-refractivity contribution in [2.75, 3.05) is 72.3 Å². The first-order valence-corrected chi connectivity index (χ1v) is 19.2. The van der Waals surface area contributed by atoms with E-state index in [1.165, 1.54) is 0 Å². The number of anilines is 1. The fourth-order valence-electron chi connectivity index (χ4n) is 5.87. The van der Waals surface area contributed by atoms with Gasteiger partial charge < -0.3 is 53.1 Å². The lowest BCUT2D eigenvalue weighted by molar-refractivity contribution is 0.00578. The summed E-state index contributed by atoms with van der Waals surface area (Å²) in [5, 5.41) is 15.9. The monoisotopic (exact) mass is 788 g/mol. The molecule has 2 N–H and O–H groups in total. The molecule has 0 radical (unpaired) electrons. The van der Waals surface area contributed by atoms with E-state index >= 15 is 0 Å². The van der Waals surface area contributed by atoms with E-state index in [9.17, 15) is 4.79 Å². The number of ether oxygens (including phenoxy) is 7. The van der Waals surface area contributed by atoms with Crippen molar-refractivity contribution >= 4 is 35.3 Å². The van der Waals surface area contributed by atoms with Gasteiger partial charge in [-0.15, -0.1) is 0 Å². The van der Waals surface area contributed by atoms with Crippen LogP contribution in [0.3, 0.4) is 0 Å². The second kappa shape index (κ2) is 19.7. The van der Waals surface area contributed by atoms with Gasteiger partial charge in [0.2, 0.25) is 0 Å². The predicted octanol–water partition coefficient (Wildman–Crippen LogP) is 6.18. The molecule has 0 saturated carbocycles. The predicted molar refractivity (Wildman–Crippen MR) is 220 cm³/mol. The number of carbonyl (C=O) groups is 1. The number of rotatable bonds is 20. The fourth-order valence-corrected chi connectivity index (χ4v) is 5.87. The number of nitrogens with one attached hydrogen (secondary N) is 2. The molecule has 0 unspecified atom stereocenters. The summed E-state index contributed by atoms with van der Waals surface area (Å²) in [6.07, 6.45) is 1.26. The van der Waals surface area contributed by atoms with E-state index in [1.54, 1.807) is 20.4 Å². The molecule has 1 fully saturated rings. The first-order chi connectivity index (χ1) is 27.2. The number of alkyl carbamates (subject to hydrolysis) is 1.